The minimum Gasteiger partial charge on any atom is -0.347 e. The molecule has 0 aliphatic heterocycles. The predicted molar refractivity (Wildman–Crippen MR) is 82.0 cm³/mol. The highest BCUT2D eigenvalue weighted by molar-refractivity contribution is 7.14. The van der Waals surface area contributed by atoms with E-state index < -0.39 is 0 Å². The fraction of sp³-hybridized carbons (Fsp3) is 0.0714. The predicted octanol–water partition coefficient (Wildman–Crippen LogP) is 2.99. The standard InChI is InChI=1S/C14H12FN5OS/c15-10-3-1-2-9(6-10)11-8-22-14(19-11)20-13(21)18-7-12-16-4-5-17-12/h1-6,8H,7H2,(H,16,17)(H2,18,19,20,21). The van der Waals surface area contributed by atoms with Crippen LogP contribution < -0.4 is 10.6 Å². The number of amides is 2. The molecule has 0 fully saturated rings. The van der Waals surface area contributed by atoms with Crippen LogP contribution in [0.2, 0.25) is 0 Å². The molecule has 0 atom stereocenters. The average molecular weight is 317 g/mol. The fourth-order valence-corrected chi connectivity index (χ4v) is 2.53. The van der Waals surface area contributed by atoms with Crippen LogP contribution in [0.3, 0.4) is 0 Å². The van der Waals surface area contributed by atoms with Gasteiger partial charge < -0.3 is 10.3 Å². The third-order valence-electron chi connectivity index (χ3n) is 2.82. The van der Waals surface area contributed by atoms with Crippen molar-refractivity contribution in [3.63, 3.8) is 0 Å². The molecule has 6 nitrogen and oxygen atoms in total. The van der Waals surface area contributed by atoms with Gasteiger partial charge in [0.2, 0.25) is 0 Å². The van der Waals surface area contributed by atoms with E-state index in [2.05, 4.69) is 25.6 Å². The lowest BCUT2D eigenvalue weighted by Crippen LogP contribution is -2.28. The number of hydrogen-bond acceptors (Lipinski definition) is 4. The van der Waals surface area contributed by atoms with Crippen LogP contribution in [0.4, 0.5) is 14.3 Å². The Morgan fingerprint density at radius 2 is 2.32 bits per heavy atom. The molecule has 2 amide bonds. The Balaban J connectivity index is 1.60. The highest BCUT2D eigenvalue weighted by Gasteiger charge is 2.08. The van der Waals surface area contributed by atoms with Gasteiger partial charge in [-0.3, -0.25) is 5.32 Å². The number of H-pyrrole nitrogens is 1. The van der Waals surface area contributed by atoms with Crippen molar-refractivity contribution < 1.29 is 9.18 Å². The van der Waals surface area contributed by atoms with Gasteiger partial charge in [0.15, 0.2) is 5.13 Å². The van der Waals surface area contributed by atoms with Crippen molar-refractivity contribution in [1.29, 1.82) is 0 Å². The van der Waals surface area contributed by atoms with Crippen molar-refractivity contribution in [1.82, 2.24) is 20.3 Å². The van der Waals surface area contributed by atoms with E-state index in [1.807, 2.05) is 0 Å². The Bertz CT molecular complexity index is 771. The second-order valence-electron chi connectivity index (χ2n) is 4.39. The van der Waals surface area contributed by atoms with Gasteiger partial charge in [0, 0.05) is 23.3 Å². The summed E-state index contributed by atoms with van der Waals surface area (Å²) in [6.07, 6.45) is 3.29. The van der Waals surface area contributed by atoms with Crippen LogP contribution in [-0.4, -0.2) is 21.0 Å². The SMILES string of the molecule is O=C(NCc1ncc[nH]1)Nc1nc(-c2cccc(F)c2)cs1. The maximum absolute atomic E-state index is 13.2. The summed E-state index contributed by atoms with van der Waals surface area (Å²) in [5.41, 5.74) is 1.28. The van der Waals surface area contributed by atoms with E-state index in [0.29, 0.717) is 28.8 Å². The second-order valence-corrected chi connectivity index (χ2v) is 5.25. The van der Waals surface area contributed by atoms with Crippen molar-refractivity contribution >= 4 is 22.5 Å². The summed E-state index contributed by atoms with van der Waals surface area (Å²) in [6, 6.07) is 5.77. The van der Waals surface area contributed by atoms with Gasteiger partial charge in [0.1, 0.15) is 11.6 Å². The largest absolute Gasteiger partial charge is 0.347 e. The second kappa shape index (κ2) is 6.35. The molecule has 0 saturated carbocycles. The van der Waals surface area contributed by atoms with E-state index in [-0.39, 0.29) is 11.8 Å². The average Bonchev–Trinajstić information content (AvgIpc) is 3.16. The summed E-state index contributed by atoms with van der Waals surface area (Å²) in [7, 11) is 0. The minimum absolute atomic E-state index is 0.293. The monoisotopic (exact) mass is 317 g/mol. The van der Waals surface area contributed by atoms with Gasteiger partial charge in [-0.25, -0.2) is 19.2 Å². The number of aromatic amines is 1. The van der Waals surface area contributed by atoms with Crippen molar-refractivity contribution in [2.24, 2.45) is 0 Å². The lowest BCUT2D eigenvalue weighted by molar-refractivity contribution is 0.251. The maximum atomic E-state index is 13.2. The molecule has 1 aromatic carbocycles. The molecular weight excluding hydrogens is 305 g/mol. The number of benzene rings is 1. The molecule has 3 N–H and O–H groups in total. The minimum atomic E-state index is -0.378. The van der Waals surface area contributed by atoms with Gasteiger partial charge in [-0.05, 0) is 12.1 Å². The summed E-state index contributed by atoms with van der Waals surface area (Å²) in [4.78, 5) is 22.9. The number of nitrogens with zero attached hydrogens (tertiary/aromatic N) is 2. The van der Waals surface area contributed by atoms with E-state index in [1.54, 1.807) is 29.9 Å². The van der Waals surface area contributed by atoms with Crippen LogP contribution in [0.1, 0.15) is 5.82 Å². The van der Waals surface area contributed by atoms with E-state index in [0.717, 1.165) is 0 Å². The Hall–Kier alpha value is -2.74. The van der Waals surface area contributed by atoms with E-state index in [4.69, 9.17) is 0 Å². The summed E-state index contributed by atoms with van der Waals surface area (Å²) in [6.45, 7) is 0.293. The zero-order valence-electron chi connectivity index (χ0n) is 11.3. The molecule has 112 valence electrons. The molecular formula is C14H12FN5OS. The van der Waals surface area contributed by atoms with Crippen LogP contribution in [-0.2, 0) is 6.54 Å². The first-order chi connectivity index (χ1) is 10.7. The van der Waals surface area contributed by atoms with Crippen molar-refractivity contribution in [2.75, 3.05) is 5.32 Å². The van der Waals surface area contributed by atoms with E-state index in [1.165, 1.54) is 23.5 Å². The van der Waals surface area contributed by atoms with Crippen LogP contribution >= 0.6 is 11.3 Å². The lowest BCUT2D eigenvalue weighted by Gasteiger charge is -2.03. The Labute approximate surface area is 129 Å². The third kappa shape index (κ3) is 3.47. The normalized spacial score (nSPS) is 10.4. The van der Waals surface area contributed by atoms with Gasteiger partial charge in [0.25, 0.3) is 0 Å². The summed E-state index contributed by atoms with van der Waals surface area (Å²) >= 11 is 1.27. The van der Waals surface area contributed by atoms with Gasteiger partial charge in [-0.2, -0.15) is 0 Å². The molecule has 0 saturated heterocycles. The molecule has 0 bridgehead atoms. The highest BCUT2D eigenvalue weighted by Crippen LogP contribution is 2.25. The maximum Gasteiger partial charge on any atom is 0.321 e. The Kier molecular flexibility index (Phi) is 4.10. The third-order valence-corrected chi connectivity index (χ3v) is 3.57. The number of carbonyl (C=O) groups is 1. The number of anilines is 1. The van der Waals surface area contributed by atoms with E-state index >= 15 is 0 Å². The molecule has 22 heavy (non-hydrogen) atoms. The van der Waals surface area contributed by atoms with Gasteiger partial charge in [-0.15, -0.1) is 11.3 Å². The first kappa shape index (κ1) is 14.2. The van der Waals surface area contributed by atoms with Crippen LogP contribution in [0.15, 0.2) is 42.0 Å². The van der Waals surface area contributed by atoms with Crippen LogP contribution in [0.5, 0.6) is 0 Å². The number of halogens is 1. The highest BCUT2D eigenvalue weighted by atomic mass is 32.1. The van der Waals surface area contributed by atoms with Crippen LogP contribution in [0, 0.1) is 5.82 Å². The lowest BCUT2D eigenvalue weighted by atomic mass is 10.2. The molecule has 3 rings (SSSR count). The number of hydrogen-bond donors (Lipinski definition) is 3. The number of carbonyl (C=O) groups excluding carboxylic acids is 1. The topological polar surface area (TPSA) is 82.7 Å². The summed E-state index contributed by atoms with van der Waals surface area (Å²) in [5, 5.41) is 7.49. The molecule has 2 aromatic heterocycles. The molecule has 0 spiro atoms. The first-order valence-corrected chi connectivity index (χ1v) is 7.33. The van der Waals surface area contributed by atoms with Gasteiger partial charge >= 0.3 is 6.03 Å². The molecule has 0 aliphatic rings. The number of urea groups is 1. The Morgan fingerprint density at radius 3 is 3.09 bits per heavy atom. The fourth-order valence-electron chi connectivity index (χ4n) is 1.81. The number of thiazole rings is 1. The first-order valence-electron chi connectivity index (χ1n) is 6.45. The number of rotatable bonds is 4. The molecule has 2 heterocycles. The van der Waals surface area contributed by atoms with Crippen molar-refractivity contribution in [3.8, 4) is 11.3 Å². The quantitative estimate of drug-likeness (QED) is 0.692. The summed E-state index contributed by atoms with van der Waals surface area (Å²) in [5.74, 6) is 0.339. The molecule has 0 aliphatic carbocycles. The van der Waals surface area contributed by atoms with E-state index in [9.17, 15) is 9.18 Å². The summed E-state index contributed by atoms with van der Waals surface area (Å²) < 4.78 is 13.2. The molecule has 3 aromatic rings. The molecule has 0 unspecified atom stereocenters. The van der Waals surface area contributed by atoms with Crippen molar-refractivity contribution in [2.45, 2.75) is 6.54 Å². The smallest absolute Gasteiger partial charge is 0.321 e. The molecule has 0 radical (unpaired) electrons. The number of imidazole rings is 1. The Morgan fingerprint density at radius 1 is 1.41 bits per heavy atom. The zero-order chi connectivity index (χ0) is 15.4. The van der Waals surface area contributed by atoms with Crippen LogP contribution in [0.25, 0.3) is 11.3 Å². The van der Waals surface area contributed by atoms with Crippen molar-refractivity contribution in [3.05, 3.63) is 53.7 Å². The number of aromatic nitrogens is 3. The zero-order valence-corrected chi connectivity index (χ0v) is 12.2. The number of nitrogens with one attached hydrogen (secondary N) is 3. The van der Waals surface area contributed by atoms with Gasteiger partial charge in [0.05, 0.1) is 12.2 Å². The van der Waals surface area contributed by atoms with Gasteiger partial charge in [-0.1, -0.05) is 12.1 Å². The molecule has 8 heteroatoms.